The largest absolute Gasteiger partial charge is 0.444 e. The van der Waals surface area contributed by atoms with Crippen molar-refractivity contribution in [3.05, 3.63) is 15.5 Å². The minimum absolute atomic E-state index is 0.153. The van der Waals surface area contributed by atoms with Crippen LogP contribution in [-0.4, -0.2) is 16.7 Å². The van der Waals surface area contributed by atoms with E-state index < -0.39 is 11.7 Å². The molecule has 1 atom stereocenters. The maximum atomic E-state index is 11.5. The van der Waals surface area contributed by atoms with Crippen molar-refractivity contribution in [1.29, 1.82) is 0 Å². The van der Waals surface area contributed by atoms with Gasteiger partial charge in [0.25, 0.3) is 0 Å². The van der Waals surface area contributed by atoms with Crippen LogP contribution in [0.3, 0.4) is 0 Å². The standard InChI is InChI=1S/C10H15ClN2O2S/c1-6(7-5-12-8(11)16-7)13-9(14)15-10(2,3)4/h5-6H,1-4H3,(H,13,14). The molecule has 4 nitrogen and oxygen atoms in total. The fourth-order valence-electron chi connectivity index (χ4n) is 1.02. The minimum Gasteiger partial charge on any atom is -0.444 e. The highest BCUT2D eigenvalue weighted by Gasteiger charge is 2.19. The summed E-state index contributed by atoms with van der Waals surface area (Å²) in [6.07, 6.45) is 1.21. The average molecular weight is 263 g/mol. The first-order valence-corrected chi connectivity index (χ1v) is 6.08. The second-order valence-electron chi connectivity index (χ2n) is 4.38. The first-order valence-electron chi connectivity index (χ1n) is 4.88. The van der Waals surface area contributed by atoms with Crippen LogP contribution in [0, 0.1) is 0 Å². The number of nitrogens with one attached hydrogen (secondary N) is 1. The van der Waals surface area contributed by atoms with Gasteiger partial charge in [0, 0.05) is 11.1 Å². The molecule has 0 spiro atoms. The van der Waals surface area contributed by atoms with Crippen molar-refractivity contribution in [2.45, 2.75) is 39.3 Å². The average Bonchev–Trinajstić information content (AvgIpc) is 2.47. The quantitative estimate of drug-likeness (QED) is 0.889. The summed E-state index contributed by atoms with van der Waals surface area (Å²) in [6.45, 7) is 7.32. The molecule has 16 heavy (non-hydrogen) atoms. The molecule has 0 aromatic carbocycles. The van der Waals surface area contributed by atoms with E-state index in [0.29, 0.717) is 4.47 Å². The van der Waals surface area contributed by atoms with Crippen molar-refractivity contribution in [2.24, 2.45) is 0 Å². The summed E-state index contributed by atoms with van der Waals surface area (Å²) >= 11 is 7.05. The van der Waals surface area contributed by atoms with E-state index in [9.17, 15) is 4.79 Å². The molecule has 1 heterocycles. The number of aromatic nitrogens is 1. The molecular formula is C10H15ClN2O2S. The van der Waals surface area contributed by atoms with Crippen molar-refractivity contribution < 1.29 is 9.53 Å². The van der Waals surface area contributed by atoms with Gasteiger partial charge >= 0.3 is 6.09 Å². The second kappa shape index (κ2) is 5.01. The summed E-state index contributed by atoms with van der Waals surface area (Å²) < 4.78 is 5.60. The van der Waals surface area contributed by atoms with Crippen LogP contribution in [0.15, 0.2) is 6.20 Å². The van der Waals surface area contributed by atoms with E-state index in [-0.39, 0.29) is 6.04 Å². The van der Waals surface area contributed by atoms with E-state index >= 15 is 0 Å². The van der Waals surface area contributed by atoms with E-state index in [2.05, 4.69) is 10.3 Å². The van der Waals surface area contributed by atoms with Gasteiger partial charge < -0.3 is 10.1 Å². The number of rotatable bonds is 2. The van der Waals surface area contributed by atoms with Crippen LogP contribution in [-0.2, 0) is 4.74 Å². The van der Waals surface area contributed by atoms with Crippen LogP contribution in [0.1, 0.15) is 38.6 Å². The Morgan fingerprint density at radius 2 is 2.25 bits per heavy atom. The van der Waals surface area contributed by atoms with Crippen LogP contribution < -0.4 is 5.32 Å². The summed E-state index contributed by atoms with van der Waals surface area (Å²) in [5, 5.41) is 2.72. The topological polar surface area (TPSA) is 51.2 Å². The van der Waals surface area contributed by atoms with E-state index in [1.165, 1.54) is 11.3 Å². The Morgan fingerprint density at radius 1 is 1.62 bits per heavy atom. The third-order valence-corrected chi connectivity index (χ3v) is 2.95. The zero-order valence-electron chi connectivity index (χ0n) is 9.70. The molecule has 1 amide bonds. The van der Waals surface area contributed by atoms with Gasteiger partial charge in [0.15, 0.2) is 4.47 Å². The van der Waals surface area contributed by atoms with Crippen molar-refractivity contribution in [3.8, 4) is 0 Å². The molecule has 90 valence electrons. The van der Waals surface area contributed by atoms with Gasteiger partial charge in [-0.3, -0.25) is 0 Å². The Bertz CT molecular complexity index is 373. The number of amides is 1. The smallest absolute Gasteiger partial charge is 0.408 e. The maximum Gasteiger partial charge on any atom is 0.408 e. The predicted molar refractivity (Wildman–Crippen MR) is 64.9 cm³/mol. The van der Waals surface area contributed by atoms with Crippen molar-refractivity contribution in [2.75, 3.05) is 0 Å². The Kier molecular flexibility index (Phi) is 4.15. The van der Waals surface area contributed by atoms with Gasteiger partial charge in [0.2, 0.25) is 0 Å². The molecule has 0 aliphatic rings. The second-order valence-corrected chi connectivity index (χ2v) is 6.03. The van der Waals surface area contributed by atoms with Crippen LogP contribution >= 0.6 is 22.9 Å². The maximum absolute atomic E-state index is 11.5. The Labute approximate surface area is 104 Å². The van der Waals surface area contributed by atoms with Crippen LogP contribution in [0.4, 0.5) is 4.79 Å². The van der Waals surface area contributed by atoms with Gasteiger partial charge in [-0.25, -0.2) is 9.78 Å². The number of carbonyl (C=O) groups excluding carboxylic acids is 1. The molecule has 1 rings (SSSR count). The fraction of sp³-hybridized carbons (Fsp3) is 0.600. The predicted octanol–water partition coefficient (Wildman–Crippen LogP) is 3.38. The molecule has 1 unspecified atom stereocenters. The van der Waals surface area contributed by atoms with Gasteiger partial charge in [0.1, 0.15) is 5.60 Å². The highest BCUT2D eigenvalue weighted by atomic mass is 35.5. The third kappa shape index (κ3) is 4.37. The zero-order chi connectivity index (χ0) is 12.3. The molecule has 0 bridgehead atoms. The highest BCUT2D eigenvalue weighted by Crippen LogP contribution is 2.24. The molecule has 1 aromatic heterocycles. The number of ether oxygens (including phenoxy) is 1. The van der Waals surface area contributed by atoms with Crippen LogP contribution in [0.5, 0.6) is 0 Å². The Hall–Kier alpha value is -0.810. The number of thiazole rings is 1. The molecule has 1 aromatic rings. The SMILES string of the molecule is CC(NC(=O)OC(C)(C)C)c1cnc(Cl)s1. The minimum atomic E-state index is -0.491. The first kappa shape index (κ1) is 13.3. The first-order chi connectivity index (χ1) is 7.28. The molecule has 0 aliphatic carbocycles. The highest BCUT2D eigenvalue weighted by molar-refractivity contribution is 7.15. The summed E-state index contributed by atoms with van der Waals surface area (Å²) in [6, 6.07) is -0.153. The number of hydrogen-bond donors (Lipinski definition) is 1. The van der Waals surface area contributed by atoms with Gasteiger partial charge in [-0.15, -0.1) is 11.3 Å². The summed E-state index contributed by atoms with van der Waals surface area (Å²) in [7, 11) is 0. The lowest BCUT2D eigenvalue weighted by Crippen LogP contribution is -2.33. The van der Waals surface area contributed by atoms with Crippen molar-refractivity contribution >= 4 is 29.0 Å². The summed E-state index contributed by atoms with van der Waals surface area (Å²) in [4.78, 5) is 16.3. The van der Waals surface area contributed by atoms with E-state index in [4.69, 9.17) is 16.3 Å². The lowest BCUT2D eigenvalue weighted by atomic mass is 10.2. The summed E-state index contributed by atoms with van der Waals surface area (Å²) in [5.74, 6) is 0. The zero-order valence-corrected chi connectivity index (χ0v) is 11.3. The third-order valence-electron chi connectivity index (χ3n) is 1.66. The van der Waals surface area contributed by atoms with Gasteiger partial charge in [-0.1, -0.05) is 11.6 Å². The number of carbonyl (C=O) groups is 1. The fourth-order valence-corrected chi connectivity index (χ4v) is 1.98. The lowest BCUT2D eigenvalue weighted by molar-refractivity contribution is 0.0509. The molecule has 0 radical (unpaired) electrons. The Balaban J connectivity index is 2.52. The molecule has 0 aliphatic heterocycles. The monoisotopic (exact) mass is 262 g/mol. The van der Waals surface area contributed by atoms with Crippen molar-refractivity contribution in [1.82, 2.24) is 10.3 Å². The molecule has 1 N–H and O–H groups in total. The number of hydrogen-bond acceptors (Lipinski definition) is 4. The van der Waals surface area contributed by atoms with Crippen LogP contribution in [0.25, 0.3) is 0 Å². The van der Waals surface area contributed by atoms with Crippen molar-refractivity contribution in [3.63, 3.8) is 0 Å². The van der Waals surface area contributed by atoms with Crippen LogP contribution in [0.2, 0.25) is 4.47 Å². The number of halogens is 1. The molecule has 0 fully saturated rings. The molecule has 0 saturated carbocycles. The summed E-state index contributed by atoms with van der Waals surface area (Å²) in [5.41, 5.74) is -0.491. The van der Waals surface area contributed by atoms with Gasteiger partial charge in [-0.05, 0) is 27.7 Å². The molecule has 6 heteroatoms. The van der Waals surface area contributed by atoms with E-state index in [0.717, 1.165) is 4.88 Å². The van der Waals surface area contributed by atoms with E-state index in [1.807, 2.05) is 27.7 Å². The van der Waals surface area contributed by atoms with Gasteiger partial charge in [-0.2, -0.15) is 0 Å². The lowest BCUT2D eigenvalue weighted by Gasteiger charge is -2.21. The normalized spacial score (nSPS) is 13.3. The Morgan fingerprint density at radius 3 is 2.69 bits per heavy atom. The van der Waals surface area contributed by atoms with E-state index in [1.54, 1.807) is 6.20 Å². The number of nitrogens with zero attached hydrogens (tertiary/aromatic N) is 1. The molecular weight excluding hydrogens is 248 g/mol. The van der Waals surface area contributed by atoms with Gasteiger partial charge in [0.05, 0.1) is 6.04 Å². The molecule has 0 saturated heterocycles. The number of alkyl carbamates (subject to hydrolysis) is 1.